The number of hydrogen-bond acceptors (Lipinski definition) is 2. The average Bonchev–Trinajstić information content (AvgIpc) is 3.32. The fourth-order valence-corrected chi connectivity index (χ4v) is 5.17. The van der Waals surface area contributed by atoms with Crippen LogP contribution in [-0.4, -0.2) is 41.2 Å². The molecule has 146 valence electrons. The topological polar surface area (TPSA) is 40.6 Å². The lowest BCUT2D eigenvalue weighted by atomic mass is 9.78. The van der Waals surface area contributed by atoms with Gasteiger partial charge in [0, 0.05) is 32.6 Å². The second kappa shape index (κ2) is 7.61. The third-order valence-corrected chi connectivity index (χ3v) is 6.76. The van der Waals surface area contributed by atoms with Crippen LogP contribution < -0.4 is 0 Å². The Kier molecular flexibility index (Phi) is 5.20. The van der Waals surface area contributed by atoms with Crippen LogP contribution in [0.4, 0.5) is 4.39 Å². The highest BCUT2D eigenvalue weighted by molar-refractivity contribution is 5.86. The third kappa shape index (κ3) is 3.87. The molecule has 1 aromatic carbocycles. The van der Waals surface area contributed by atoms with E-state index in [0.29, 0.717) is 32.0 Å². The summed E-state index contributed by atoms with van der Waals surface area (Å²) in [7, 11) is 0. The molecule has 0 aromatic heterocycles. The van der Waals surface area contributed by atoms with E-state index >= 15 is 0 Å². The lowest BCUT2D eigenvalue weighted by Gasteiger charge is -2.39. The smallest absolute Gasteiger partial charge is 0.230 e. The molecule has 2 amide bonds. The monoisotopic (exact) mass is 372 g/mol. The van der Waals surface area contributed by atoms with E-state index in [2.05, 4.69) is 0 Å². The van der Waals surface area contributed by atoms with Crippen molar-refractivity contribution in [3.63, 3.8) is 0 Å². The van der Waals surface area contributed by atoms with E-state index in [9.17, 15) is 14.0 Å². The van der Waals surface area contributed by atoms with E-state index in [1.807, 2.05) is 9.80 Å². The predicted molar refractivity (Wildman–Crippen MR) is 101 cm³/mol. The van der Waals surface area contributed by atoms with Crippen molar-refractivity contribution in [1.82, 2.24) is 9.80 Å². The van der Waals surface area contributed by atoms with Crippen LogP contribution in [0.15, 0.2) is 24.3 Å². The molecule has 4 nitrogen and oxygen atoms in total. The second-order valence-electron chi connectivity index (χ2n) is 8.66. The molecule has 1 atom stereocenters. The summed E-state index contributed by atoms with van der Waals surface area (Å²) in [5.41, 5.74) is 0.554. The average molecular weight is 372 g/mol. The summed E-state index contributed by atoms with van der Waals surface area (Å²) in [5, 5.41) is 0. The molecule has 1 saturated carbocycles. The minimum Gasteiger partial charge on any atom is -0.342 e. The first-order chi connectivity index (χ1) is 13.1. The molecule has 0 unspecified atom stereocenters. The van der Waals surface area contributed by atoms with Crippen molar-refractivity contribution in [3.05, 3.63) is 35.6 Å². The SMILES string of the molecule is O=C(CC1CCCC1)N1CC[C@@]2(CCCN(Cc3ccc(F)cc3)C2=O)C1. The number of carbonyl (C=O) groups excluding carboxylic acids is 2. The highest BCUT2D eigenvalue weighted by atomic mass is 19.1. The maximum atomic E-state index is 13.2. The molecule has 3 fully saturated rings. The summed E-state index contributed by atoms with van der Waals surface area (Å²) in [4.78, 5) is 29.8. The molecule has 2 heterocycles. The molecular formula is C22H29FN2O2. The van der Waals surface area contributed by atoms with Gasteiger partial charge in [0.2, 0.25) is 11.8 Å². The van der Waals surface area contributed by atoms with Gasteiger partial charge in [-0.05, 0) is 55.7 Å². The maximum Gasteiger partial charge on any atom is 0.230 e. The number of piperidine rings is 1. The molecular weight excluding hydrogens is 343 g/mol. The molecule has 2 saturated heterocycles. The summed E-state index contributed by atoms with van der Waals surface area (Å²) < 4.78 is 13.1. The van der Waals surface area contributed by atoms with Crippen molar-refractivity contribution >= 4 is 11.8 Å². The van der Waals surface area contributed by atoms with E-state index in [1.54, 1.807) is 12.1 Å². The number of benzene rings is 1. The molecule has 1 spiro atoms. The summed E-state index contributed by atoms with van der Waals surface area (Å²) in [6.07, 6.45) is 8.13. The van der Waals surface area contributed by atoms with Crippen LogP contribution in [0.5, 0.6) is 0 Å². The summed E-state index contributed by atoms with van der Waals surface area (Å²) in [6, 6.07) is 6.38. The zero-order valence-electron chi connectivity index (χ0n) is 16.0. The van der Waals surface area contributed by atoms with Crippen LogP contribution in [0.2, 0.25) is 0 Å². The zero-order valence-corrected chi connectivity index (χ0v) is 16.0. The van der Waals surface area contributed by atoms with Crippen LogP contribution >= 0.6 is 0 Å². The van der Waals surface area contributed by atoms with E-state index in [0.717, 1.165) is 31.4 Å². The van der Waals surface area contributed by atoms with Gasteiger partial charge in [0.05, 0.1) is 5.41 Å². The fraction of sp³-hybridized carbons (Fsp3) is 0.636. The Hall–Kier alpha value is -1.91. The first-order valence-corrected chi connectivity index (χ1v) is 10.4. The molecule has 27 heavy (non-hydrogen) atoms. The van der Waals surface area contributed by atoms with Crippen molar-refractivity contribution in [2.75, 3.05) is 19.6 Å². The molecule has 1 aliphatic carbocycles. The van der Waals surface area contributed by atoms with Crippen LogP contribution in [-0.2, 0) is 16.1 Å². The molecule has 1 aromatic rings. The van der Waals surface area contributed by atoms with Gasteiger partial charge in [0.15, 0.2) is 0 Å². The largest absolute Gasteiger partial charge is 0.342 e. The summed E-state index contributed by atoms with van der Waals surface area (Å²) in [5.74, 6) is 0.704. The van der Waals surface area contributed by atoms with Gasteiger partial charge < -0.3 is 9.80 Å². The number of halogens is 1. The number of likely N-dealkylation sites (tertiary alicyclic amines) is 2. The maximum absolute atomic E-state index is 13.2. The Balaban J connectivity index is 1.39. The highest BCUT2D eigenvalue weighted by Gasteiger charge is 2.49. The normalized spacial score (nSPS) is 26.3. The number of rotatable bonds is 4. The summed E-state index contributed by atoms with van der Waals surface area (Å²) in [6.45, 7) is 2.56. The Morgan fingerprint density at radius 2 is 1.81 bits per heavy atom. The van der Waals surface area contributed by atoms with Crippen LogP contribution in [0.25, 0.3) is 0 Å². The molecule has 0 radical (unpaired) electrons. The van der Waals surface area contributed by atoms with E-state index in [4.69, 9.17) is 0 Å². The lowest BCUT2D eigenvalue weighted by Crippen LogP contribution is -2.50. The van der Waals surface area contributed by atoms with E-state index < -0.39 is 5.41 Å². The minimum absolute atomic E-state index is 0.175. The van der Waals surface area contributed by atoms with E-state index in [-0.39, 0.29) is 17.6 Å². The molecule has 3 aliphatic rings. The Labute approximate surface area is 160 Å². The molecule has 4 rings (SSSR count). The molecule has 5 heteroatoms. The van der Waals surface area contributed by atoms with Crippen molar-refractivity contribution in [2.45, 2.75) is 57.9 Å². The molecule has 2 aliphatic heterocycles. The second-order valence-corrected chi connectivity index (χ2v) is 8.66. The Morgan fingerprint density at radius 3 is 2.56 bits per heavy atom. The fourth-order valence-electron chi connectivity index (χ4n) is 5.17. The number of carbonyl (C=O) groups is 2. The van der Waals surface area contributed by atoms with Gasteiger partial charge in [-0.15, -0.1) is 0 Å². The number of amides is 2. The number of nitrogens with zero attached hydrogens (tertiary/aromatic N) is 2. The molecule has 0 bridgehead atoms. The van der Waals surface area contributed by atoms with Gasteiger partial charge in [0.25, 0.3) is 0 Å². The first kappa shape index (κ1) is 18.5. The van der Waals surface area contributed by atoms with Gasteiger partial charge >= 0.3 is 0 Å². The van der Waals surface area contributed by atoms with Crippen LogP contribution in [0, 0.1) is 17.2 Å². The lowest BCUT2D eigenvalue weighted by molar-refractivity contribution is -0.146. The first-order valence-electron chi connectivity index (χ1n) is 10.4. The van der Waals surface area contributed by atoms with Crippen molar-refractivity contribution in [3.8, 4) is 0 Å². The van der Waals surface area contributed by atoms with Crippen molar-refractivity contribution in [2.24, 2.45) is 11.3 Å². The minimum atomic E-state index is -0.399. The predicted octanol–water partition coefficient (Wildman–Crippen LogP) is 3.75. The highest BCUT2D eigenvalue weighted by Crippen LogP contribution is 2.41. The van der Waals surface area contributed by atoms with Crippen molar-refractivity contribution < 1.29 is 14.0 Å². The van der Waals surface area contributed by atoms with Crippen molar-refractivity contribution in [1.29, 1.82) is 0 Å². The van der Waals surface area contributed by atoms with Crippen LogP contribution in [0.1, 0.15) is 56.9 Å². The third-order valence-electron chi connectivity index (χ3n) is 6.76. The van der Waals surface area contributed by atoms with Gasteiger partial charge in [0.1, 0.15) is 5.82 Å². The molecule has 0 N–H and O–H groups in total. The summed E-state index contributed by atoms with van der Waals surface area (Å²) >= 11 is 0. The van der Waals surface area contributed by atoms with Crippen LogP contribution in [0.3, 0.4) is 0 Å². The van der Waals surface area contributed by atoms with Gasteiger partial charge in [-0.1, -0.05) is 25.0 Å². The van der Waals surface area contributed by atoms with Gasteiger partial charge in [-0.2, -0.15) is 0 Å². The van der Waals surface area contributed by atoms with Gasteiger partial charge in [-0.3, -0.25) is 9.59 Å². The standard InChI is InChI=1S/C22H29FN2O2/c23-19-8-6-18(7-9-19)15-24-12-3-10-22(21(24)27)11-13-25(16-22)20(26)14-17-4-1-2-5-17/h6-9,17H,1-5,10-16H2/t22-/m0/s1. The number of hydrogen-bond donors (Lipinski definition) is 0. The quantitative estimate of drug-likeness (QED) is 0.808. The Bertz CT molecular complexity index is 699. The Morgan fingerprint density at radius 1 is 1.07 bits per heavy atom. The van der Waals surface area contributed by atoms with Gasteiger partial charge in [-0.25, -0.2) is 4.39 Å². The van der Waals surface area contributed by atoms with E-state index in [1.165, 1.54) is 37.8 Å². The zero-order chi connectivity index (χ0) is 18.9.